The number of fused-ring (bicyclic) bond motifs is 3. The minimum absolute atomic E-state index is 0.335. The fraction of sp³-hybridized carbons (Fsp3) is 0.360. The first-order valence-corrected chi connectivity index (χ1v) is 11.0. The average Bonchev–Trinajstić information content (AvgIpc) is 3.06. The van der Waals surface area contributed by atoms with Crippen LogP contribution in [0, 0.1) is 31.6 Å². The summed E-state index contributed by atoms with van der Waals surface area (Å²) in [5.41, 5.74) is 6.86. The monoisotopic (exact) mass is 403 g/mol. The van der Waals surface area contributed by atoms with Gasteiger partial charge in [0.25, 0.3) is 0 Å². The average molecular weight is 404 g/mol. The van der Waals surface area contributed by atoms with Crippen molar-refractivity contribution in [2.45, 2.75) is 52.9 Å². The molecule has 4 rings (SSSR count). The van der Waals surface area contributed by atoms with Crippen molar-refractivity contribution in [3.05, 3.63) is 51.5 Å². The number of aryl methyl sites for hydroxylation is 4. The number of aliphatic carboxylic acids is 1. The Morgan fingerprint density at radius 3 is 2.66 bits per heavy atom. The van der Waals surface area contributed by atoms with E-state index in [1.807, 2.05) is 18.3 Å². The number of hydrogen-bond acceptors (Lipinski definition) is 3. The molecular formula is C25H25NO2S. The molecule has 0 radical (unpaired) electrons. The molecule has 1 aliphatic carbocycles. The summed E-state index contributed by atoms with van der Waals surface area (Å²) in [6.07, 6.45) is 5.04. The van der Waals surface area contributed by atoms with Crippen LogP contribution >= 0.6 is 11.3 Å². The van der Waals surface area contributed by atoms with Gasteiger partial charge in [-0.05, 0) is 50.7 Å². The maximum Gasteiger partial charge on any atom is 0.307 e. The van der Waals surface area contributed by atoms with Gasteiger partial charge in [-0.15, -0.1) is 11.3 Å². The Bertz CT molecular complexity index is 1150. The predicted molar refractivity (Wildman–Crippen MR) is 119 cm³/mol. The lowest BCUT2D eigenvalue weighted by Crippen LogP contribution is -2.07. The molecule has 4 heteroatoms. The van der Waals surface area contributed by atoms with Crippen molar-refractivity contribution in [3.8, 4) is 23.0 Å². The summed E-state index contributed by atoms with van der Waals surface area (Å²) in [6.45, 7) is 5.81. The molecule has 0 spiro atoms. The summed E-state index contributed by atoms with van der Waals surface area (Å²) >= 11 is 1.83. The molecule has 3 nitrogen and oxygen atoms in total. The lowest BCUT2D eigenvalue weighted by Gasteiger charge is -2.15. The normalized spacial score (nSPS) is 14.2. The van der Waals surface area contributed by atoms with Crippen LogP contribution in [-0.2, 0) is 17.6 Å². The Kier molecular flexibility index (Phi) is 5.43. The molecule has 2 heterocycles. The largest absolute Gasteiger partial charge is 0.481 e. The first kappa shape index (κ1) is 19.7. The number of nitrogens with zero attached hydrogens (tertiary/aromatic N) is 1. The molecule has 29 heavy (non-hydrogen) atoms. The Morgan fingerprint density at radius 1 is 1.21 bits per heavy atom. The van der Waals surface area contributed by atoms with Gasteiger partial charge in [0, 0.05) is 22.2 Å². The summed E-state index contributed by atoms with van der Waals surface area (Å²) in [7, 11) is 0. The van der Waals surface area contributed by atoms with Gasteiger partial charge < -0.3 is 5.11 Å². The van der Waals surface area contributed by atoms with Crippen molar-refractivity contribution < 1.29 is 9.90 Å². The number of aromatic nitrogens is 1. The zero-order chi connectivity index (χ0) is 20.5. The van der Waals surface area contributed by atoms with Crippen LogP contribution < -0.4 is 0 Å². The maximum absolute atomic E-state index is 11.2. The van der Waals surface area contributed by atoms with E-state index in [0.717, 1.165) is 34.5 Å². The second kappa shape index (κ2) is 8.00. The minimum Gasteiger partial charge on any atom is -0.481 e. The second-order valence-electron chi connectivity index (χ2n) is 7.95. The topological polar surface area (TPSA) is 50.2 Å². The quantitative estimate of drug-likeness (QED) is 0.552. The molecule has 0 amide bonds. The van der Waals surface area contributed by atoms with Crippen molar-refractivity contribution in [1.29, 1.82) is 0 Å². The first-order valence-electron chi connectivity index (χ1n) is 10.2. The van der Waals surface area contributed by atoms with E-state index in [1.165, 1.54) is 39.8 Å². The van der Waals surface area contributed by atoms with Gasteiger partial charge >= 0.3 is 5.97 Å². The Balaban J connectivity index is 1.95. The SMILES string of the molecule is Cc1ccc(-c2c(C#CCC(C)C(=O)O)c(C)nc3sc4c(c23)CCCC4)cc1. The van der Waals surface area contributed by atoms with E-state index < -0.39 is 11.9 Å². The number of rotatable bonds is 3. The van der Waals surface area contributed by atoms with Crippen LogP contribution in [0.2, 0.25) is 0 Å². The van der Waals surface area contributed by atoms with Crippen molar-refractivity contribution >= 4 is 27.5 Å². The minimum atomic E-state index is -0.810. The molecular weight excluding hydrogens is 378 g/mol. The van der Waals surface area contributed by atoms with Crippen LogP contribution in [0.5, 0.6) is 0 Å². The van der Waals surface area contributed by atoms with Gasteiger partial charge in [-0.2, -0.15) is 0 Å². The number of pyridine rings is 1. The molecule has 148 valence electrons. The van der Waals surface area contributed by atoms with E-state index in [9.17, 15) is 4.79 Å². The van der Waals surface area contributed by atoms with Crippen molar-refractivity contribution in [3.63, 3.8) is 0 Å². The lowest BCUT2D eigenvalue weighted by molar-refractivity contribution is -0.140. The number of carboxylic acids is 1. The number of carboxylic acid groups (broad SMARTS) is 1. The highest BCUT2D eigenvalue weighted by Gasteiger charge is 2.23. The fourth-order valence-corrected chi connectivity index (χ4v) is 5.26. The summed E-state index contributed by atoms with van der Waals surface area (Å²) in [4.78, 5) is 18.6. The van der Waals surface area contributed by atoms with Gasteiger partial charge in [0.1, 0.15) is 4.83 Å². The van der Waals surface area contributed by atoms with Gasteiger partial charge in [-0.25, -0.2) is 4.98 Å². The summed E-state index contributed by atoms with van der Waals surface area (Å²) in [5, 5.41) is 10.4. The maximum atomic E-state index is 11.2. The van der Waals surface area contributed by atoms with Gasteiger partial charge in [-0.3, -0.25) is 4.79 Å². The molecule has 0 saturated heterocycles. The number of benzene rings is 1. The zero-order valence-corrected chi connectivity index (χ0v) is 17.9. The van der Waals surface area contributed by atoms with Crippen LogP contribution in [0.15, 0.2) is 24.3 Å². The van der Waals surface area contributed by atoms with Crippen molar-refractivity contribution in [1.82, 2.24) is 4.98 Å². The number of thiophene rings is 1. The van der Waals surface area contributed by atoms with Crippen molar-refractivity contribution in [2.75, 3.05) is 0 Å². The highest BCUT2D eigenvalue weighted by atomic mass is 32.1. The Labute approximate surface area is 175 Å². The summed E-state index contributed by atoms with van der Waals surface area (Å²) in [5.74, 6) is 5.13. The summed E-state index contributed by atoms with van der Waals surface area (Å²) < 4.78 is 0. The molecule has 3 aromatic rings. The third-order valence-corrected chi connectivity index (χ3v) is 6.85. The van der Waals surface area contributed by atoms with E-state index >= 15 is 0 Å². The summed E-state index contributed by atoms with van der Waals surface area (Å²) in [6, 6.07) is 8.61. The highest BCUT2D eigenvalue weighted by molar-refractivity contribution is 7.19. The van der Waals surface area contributed by atoms with Gasteiger partial charge in [0.15, 0.2) is 0 Å². The first-order chi connectivity index (χ1) is 14.0. The Hall–Kier alpha value is -2.64. The third kappa shape index (κ3) is 3.80. The van der Waals surface area contributed by atoms with Crippen LogP contribution in [0.1, 0.15) is 53.4 Å². The lowest BCUT2D eigenvalue weighted by atomic mass is 9.89. The molecule has 0 fully saturated rings. The van der Waals surface area contributed by atoms with Gasteiger partial charge in [-0.1, -0.05) is 48.6 Å². The molecule has 1 aromatic carbocycles. The molecule has 2 aromatic heterocycles. The Morgan fingerprint density at radius 2 is 1.93 bits per heavy atom. The van der Waals surface area contributed by atoms with Crippen LogP contribution in [0.3, 0.4) is 0 Å². The predicted octanol–water partition coefficient (Wildman–Crippen LogP) is 5.92. The smallest absolute Gasteiger partial charge is 0.307 e. The standard InChI is InChI=1S/C25H25NO2S/c1-15-11-13-18(14-12-15)22-19(9-6-7-16(2)25(27)28)17(3)26-24-23(22)20-8-4-5-10-21(20)29-24/h11-14,16H,4-5,7-8,10H2,1-3H3,(H,27,28). The second-order valence-corrected chi connectivity index (χ2v) is 9.03. The third-order valence-electron chi connectivity index (χ3n) is 5.67. The van der Waals surface area contributed by atoms with Crippen molar-refractivity contribution in [2.24, 2.45) is 5.92 Å². The van der Waals surface area contributed by atoms with Crippen LogP contribution in [0.25, 0.3) is 21.3 Å². The molecule has 1 unspecified atom stereocenters. The number of hydrogen-bond donors (Lipinski definition) is 1. The van der Waals surface area contributed by atoms with Crippen LogP contribution in [-0.4, -0.2) is 16.1 Å². The molecule has 0 bridgehead atoms. The van der Waals surface area contributed by atoms with Gasteiger partial charge in [0.2, 0.25) is 0 Å². The fourth-order valence-electron chi connectivity index (χ4n) is 3.94. The molecule has 1 aliphatic rings. The molecule has 0 saturated carbocycles. The zero-order valence-electron chi connectivity index (χ0n) is 17.1. The van der Waals surface area contributed by atoms with E-state index in [1.54, 1.807) is 6.92 Å². The molecule has 1 N–H and O–H groups in total. The van der Waals surface area contributed by atoms with Crippen LogP contribution in [0.4, 0.5) is 0 Å². The van der Waals surface area contributed by atoms with E-state index in [4.69, 9.17) is 10.1 Å². The number of carbonyl (C=O) groups is 1. The van der Waals surface area contributed by atoms with E-state index in [2.05, 4.69) is 43.0 Å². The molecule has 1 atom stereocenters. The van der Waals surface area contributed by atoms with E-state index in [-0.39, 0.29) is 0 Å². The van der Waals surface area contributed by atoms with E-state index in [0.29, 0.717) is 6.42 Å². The molecule has 0 aliphatic heterocycles. The van der Waals surface area contributed by atoms with Gasteiger partial charge in [0.05, 0.1) is 17.2 Å². The highest BCUT2D eigenvalue weighted by Crippen LogP contribution is 2.42.